The summed E-state index contributed by atoms with van der Waals surface area (Å²) in [7, 11) is 0. The van der Waals surface area contributed by atoms with Crippen molar-refractivity contribution in [2.45, 2.75) is 31.1 Å². The van der Waals surface area contributed by atoms with Gasteiger partial charge in [-0.2, -0.15) is 0 Å². The summed E-state index contributed by atoms with van der Waals surface area (Å²) in [6.07, 6.45) is -0.676. The molecule has 1 fully saturated rings. The number of aromatic amines is 1. The molecule has 0 saturated carbocycles. The highest BCUT2D eigenvalue weighted by Gasteiger charge is 2.45. The number of aliphatic hydroxyl groups is 2. The summed E-state index contributed by atoms with van der Waals surface area (Å²) in [6, 6.07) is 9.52. The highest BCUT2D eigenvalue weighted by Crippen LogP contribution is 2.33. The molecule has 1 unspecified atom stereocenters. The van der Waals surface area contributed by atoms with Crippen LogP contribution >= 0.6 is 0 Å². The van der Waals surface area contributed by atoms with Crippen LogP contribution in [0.3, 0.4) is 0 Å². The van der Waals surface area contributed by atoms with Crippen LogP contribution in [0.4, 0.5) is 0 Å². The van der Waals surface area contributed by atoms with Gasteiger partial charge in [-0.15, -0.1) is 0 Å². The van der Waals surface area contributed by atoms with E-state index in [0.29, 0.717) is 5.65 Å². The number of fused-ring (bicyclic) bond motifs is 1. The average Bonchev–Trinajstić information content (AvgIpc) is 3.23. The number of nitrogens with one attached hydrogen (secondary N) is 1. The monoisotopic (exact) mass is 358 g/mol. The maximum absolute atomic E-state index is 11.9. The van der Waals surface area contributed by atoms with E-state index in [1.807, 2.05) is 30.3 Å². The molecule has 3 N–H and O–H groups in total. The molecule has 1 aliphatic heterocycles. The molecule has 1 aliphatic rings. The maximum atomic E-state index is 11.9. The first-order chi connectivity index (χ1) is 12.7. The Morgan fingerprint density at radius 2 is 2.08 bits per heavy atom. The lowest BCUT2D eigenvalue weighted by Gasteiger charge is -2.22. The second-order valence-electron chi connectivity index (χ2n) is 6.06. The van der Waals surface area contributed by atoms with Crippen molar-refractivity contribution in [2.24, 2.45) is 0 Å². The van der Waals surface area contributed by atoms with Gasteiger partial charge in [0.2, 0.25) is 0 Å². The topological polar surface area (TPSA) is 122 Å². The summed E-state index contributed by atoms with van der Waals surface area (Å²) in [6.45, 7) is -0.0925. The predicted octanol–water partition coefficient (Wildman–Crippen LogP) is -0.0444. The maximum Gasteiger partial charge on any atom is 0.278 e. The molecule has 3 heterocycles. The minimum atomic E-state index is -1.03. The first kappa shape index (κ1) is 16.9. The van der Waals surface area contributed by atoms with Crippen LogP contribution in [0.5, 0.6) is 0 Å². The standard InChI is InChI=1S/C17H18N4O5/c22-6-11-13(23)14(25-7-10-4-2-1-3-5-10)17(26-11)21-9-20-12-15(21)18-8-19-16(12)24/h1-5,8-9,11,13-14,17,22-23H,6-7H2,(H,18,19,24)/t11-,13-,14-,17?/m1/s1. The normalized spacial score (nSPS) is 25.8. The highest BCUT2D eigenvalue weighted by atomic mass is 16.6. The number of rotatable bonds is 5. The molecule has 26 heavy (non-hydrogen) atoms. The SMILES string of the molecule is O=c1[nH]cnc2c1ncn2C1O[C@H](CO)[C@@H](O)[C@H]1OCc1ccccc1. The molecule has 0 radical (unpaired) electrons. The number of benzene rings is 1. The van der Waals surface area contributed by atoms with Crippen LogP contribution < -0.4 is 5.56 Å². The Labute approximate surface area is 147 Å². The van der Waals surface area contributed by atoms with E-state index in [0.717, 1.165) is 5.56 Å². The average molecular weight is 358 g/mol. The van der Waals surface area contributed by atoms with Gasteiger partial charge in [0, 0.05) is 0 Å². The van der Waals surface area contributed by atoms with Crippen LogP contribution in [0.2, 0.25) is 0 Å². The smallest absolute Gasteiger partial charge is 0.278 e. The van der Waals surface area contributed by atoms with E-state index in [1.165, 1.54) is 12.7 Å². The first-order valence-corrected chi connectivity index (χ1v) is 8.19. The third-order valence-electron chi connectivity index (χ3n) is 4.42. The van der Waals surface area contributed by atoms with Gasteiger partial charge in [0.25, 0.3) is 5.56 Å². The van der Waals surface area contributed by atoms with Gasteiger partial charge >= 0.3 is 0 Å². The summed E-state index contributed by atoms with van der Waals surface area (Å²) < 4.78 is 13.2. The van der Waals surface area contributed by atoms with Gasteiger partial charge in [0.05, 0.1) is 25.9 Å². The van der Waals surface area contributed by atoms with Gasteiger partial charge in [-0.3, -0.25) is 9.36 Å². The first-order valence-electron chi connectivity index (χ1n) is 8.19. The van der Waals surface area contributed by atoms with Crippen molar-refractivity contribution in [1.29, 1.82) is 0 Å². The number of H-pyrrole nitrogens is 1. The molecule has 9 nitrogen and oxygen atoms in total. The van der Waals surface area contributed by atoms with E-state index in [4.69, 9.17) is 9.47 Å². The number of hydrogen-bond acceptors (Lipinski definition) is 7. The number of aromatic nitrogens is 4. The molecule has 0 aliphatic carbocycles. The molecule has 0 bridgehead atoms. The van der Waals surface area contributed by atoms with Gasteiger partial charge in [-0.1, -0.05) is 30.3 Å². The lowest BCUT2D eigenvalue weighted by Crippen LogP contribution is -2.35. The van der Waals surface area contributed by atoms with Crippen molar-refractivity contribution in [2.75, 3.05) is 6.61 Å². The fraction of sp³-hybridized carbons (Fsp3) is 0.353. The second-order valence-corrected chi connectivity index (χ2v) is 6.06. The van der Waals surface area contributed by atoms with E-state index >= 15 is 0 Å². The van der Waals surface area contributed by atoms with Gasteiger partial charge in [0.15, 0.2) is 17.4 Å². The van der Waals surface area contributed by atoms with Crippen LogP contribution in [0.1, 0.15) is 11.8 Å². The third-order valence-corrected chi connectivity index (χ3v) is 4.42. The minimum absolute atomic E-state index is 0.167. The van der Waals surface area contributed by atoms with E-state index in [1.54, 1.807) is 4.57 Å². The van der Waals surface area contributed by atoms with Crippen LogP contribution in [-0.4, -0.2) is 54.7 Å². The minimum Gasteiger partial charge on any atom is -0.394 e. The van der Waals surface area contributed by atoms with E-state index in [9.17, 15) is 15.0 Å². The summed E-state index contributed by atoms with van der Waals surface area (Å²) in [5.74, 6) is 0. The van der Waals surface area contributed by atoms with Gasteiger partial charge in [-0.05, 0) is 5.56 Å². The second kappa shape index (κ2) is 6.96. The lowest BCUT2D eigenvalue weighted by molar-refractivity contribution is -0.0761. The molecule has 4 atom stereocenters. The fourth-order valence-electron chi connectivity index (χ4n) is 3.09. The molecular weight excluding hydrogens is 340 g/mol. The Kier molecular flexibility index (Phi) is 4.51. The number of imidazole rings is 1. The Hall–Kier alpha value is -2.59. The Bertz CT molecular complexity index is 941. The summed E-state index contributed by atoms with van der Waals surface area (Å²) in [4.78, 5) is 22.5. The zero-order valence-electron chi connectivity index (χ0n) is 13.7. The molecule has 0 amide bonds. The molecule has 136 valence electrons. The molecular formula is C17H18N4O5. The van der Waals surface area contributed by atoms with Crippen molar-refractivity contribution in [3.05, 3.63) is 58.9 Å². The van der Waals surface area contributed by atoms with Gasteiger partial charge in [0.1, 0.15) is 18.3 Å². The zero-order valence-corrected chi connectivity index (χ0v) is 13.7. The summed E-state index contributed by atoms with van der Waals surface area (Å²) in [5.41, 5.74) is 1.06. The van der Waals surface area contributed by atoms with E-state index in [-0.39, 0.29) is 24.3 Å². The quantitative estimate of drug-likeness (QED) is 0.585. The number of ether oxygens (including phenoxy) is 2. The Morgan fingerprint density at radius 1 is 1.27 bits per heavy atom. The van der Waals surface area contributed by atoms with Crippen LogP contribution in [0, 0.1) is 0 Å². The van der Waals surface area contributed by atoms with Crippen molar-refractivity contribution >= 4 is 11.2 Å². The Morgan fingerprint density at radius 3 is 2.85 bits per heavy atom. The Balaban J connectivity index is 1.65. The van der Waals surface area contributed by atoms with E-state index in [2.05, 4.69) is 15.0 Å². The van der Waals surface area contributed by atoms with Crippen molar-refractivity contribution in [3.63, 3.8) is 0 Å². The van der Waals surface area contributed by atoms with Crippen molar-refractivity contribution < 1.29 is 19.7 Å². The largest absolute Gasteiger partial charge is 0.394 e. The number of nitrogens with zero attached hydrogens (tertiary/aromatic N) is 3. The van der Waals surface area contributed by atoms with Gasteiger partial charge < -0.3 is 24.7 Å². The third kappa shape index (κ3) is 2.90. The fourth-order valence-corrected chi connectivity index (χ4v) is 3.09. The van der Waals surface area contributed by atoms with Crippen molar-refractivity contribution in [3.8, 4) is 0 Å². The molecule has 2 aromatic heterocycles. The predicted molar refractivity (Wildman–Crippen MR) is 90.2 cm³/mol. The molecule has 9 heteroatoms. The van der Waals surface area contributed by atoms with Gasteiger partial charge in [-0.25, -0.2) is 9.97 Å². The zero-order chi connectivity index (χ0) is 18.1. The lowest BCUT2D eigenvalue weighted by atomic mass is 10.1. The molecule has 0 spiro atoms. The highest BCUT2D eigenvalue weighted by molar-refractivity contribution is 5.68. The summed E-state index contributed by atoms with van der Waals surface area (Å²) >= 11 is 0. The van der Waals surface area contributed by atoms with Crippen LogP contribution in [0.25, 0.3) is 11.2 Å². The molecule has 4 rings (SSSR count). The number of hydrogen-bond donors (Lipinski definition) is 3. The molecule has 1 aromatic carbocycles. The molecule has 3 aromatic rings. The van der Waals surface area contributed by atoms with Crippen LogP contribution in [-0.2, 0) is 16.1 Å². The van der Waals surface area contributed by atoms with E-state index < -0.39 is 24.5 Å². The molecule has 1 saturated heterocycles. The van der Waals surface area contributed by atoms with Crippen LogP contribution in [0.15, 0.2) is 47.8 Å². The summed E-state index contributed by atoms with van der Waals surface area (Å²) in [5, 5.41) is 20.0. The van der Waals surface area contributed by atoms with Crippen molar-refractivity contribution in [1.82, 2.24) is 19.5 Å². The number of aliphatic hydroxyl groups excluding tert-OH is 2.